The molecular formula is C17H15ClN4S2. The molecule has 1 aliphatic rings. The molecule has 0 saturated carbocycles. The van der Waals surface area contributed by atoms with Gasteiger partial charge in [0.1, 0.15) is 0 Å². The van der Waals surface area contributed by atoms with E-state index in [0.717, 1.165) is 52.4 Å². The van der Waals surface area contributed by atoms with Crippen molar-refractivity contribution in [2.24, 2.45) is 4.99 Å². The molecule has 24 heavy (non-hydrogen) atoms. The number of thiophene rings is 1. The third-order valence-electron chi connectivity index (χ3n) is 3.63. The molecule has 3 aromatic rings. The van der Waals surface area contributed by atoms with Gasteiger partial charge in [-0.2, -0.15) is 0 Å². The van der Waals surface area contributed by atoms with Gasteiger partial charge < -0.3 is 10.6 Å². The Morgan fingerprint density at radius 3 is 2.92 bits per heavy atom. The van der Waals surface area contributed by atoms with Gasteiger partial charge in [-0.25, -0.2) is 4.98 Å². The molecule has 0 amide bonds. The molecule has 2 N–H and O–H groups in total. The fourth-order valence-corrected chi connectivity index (χ4v) is 4.25. The summed E-state index contributed by atoms with van der Waals surface area (Å²) in [5.74, 6) is 0.812. The van der Waals surface area contributed by atoms with Crippen LogP contribution >= 0.6 is 34.3 Å². The lowest BCUT2D eigenvalue weighted by molar-refractivity contribution is 0.740. The van der Waals surface area contributed by atoms with E-state index in [1.54, 1.807) is 22.7 Å². The van der Waals surface area contributed by atoms with Crippen molar-refractivity contribution in [2.45, 2.75) is 6.42 Å². The van der Waals surface area contributed by atoms with Gasteiger partial charge in [-0.1, -0.05) is 23.7 Å². The number of aliphatic imine (C=N–C) groups is 1. The van der Waals surface area contributed by atoms with Crippen LogP contribution in [-0.2, 0) is 0 Å². The first-order valence-electron chi connectivity index (χ1n) is 7.64. The quantitative estimate of drug-likeness (QED) is 0.681. The molecule has 3 heterocycles. The number of nitrogens with one attached hydrogen (secondary N) is 2. The van der Waals surface area contributed by atoms with Gasteiger partial charge in [0.05, 0.1) is 5.69 Å². The van der Waals surface area contributed by atoms with Crippen molar-refractivity contribution in [3.63, 3.8) is 0 Å². The molecule has 7 heteroatoms. The Hall–Kier alpha value is -1.89. The summed E-state index contributed by atoms with van der Waals surface area (Å²) in [7, 11) is 0. The van der Waals surface area contributed by atoms with Gasteiger partial charge in [0.25, 0.3) is 0 Å². The minimum atomic E-state index is 0.753. The van der Waals surface area contributed by atoms with Gasteiger partial charge in [-0.3, -0.25) is 4.99 Å². The number of halogens is 1. The lowest BCUT2D eigenvalue weighted by Crippen LogP contribution is -2.35. The van der Waals surface area contributed by atoms with Crippen molar-refractivity contribution in [3.8, 4) is 21.7 Å². The second-order valence-electron chi connectivity index (χ2n) is 5.38. The van der Waals surface area contributed by atoms with Crippen molar-refractivity contribution >= 4 is 45.4 Å². The lowest BCUT2D eigenvalue weighted by atomic mass is 10.1. The Labute approximate surface area is 153 Å². The van der Waals surface area contributed by atoms with Crippen molar-refractivity contribution in [1.29, 1.82) is 0 Å². The maximum absolute atomic E-state index is 6.08. The van der Waals surface area contributed by atoms with Crippen LogP contribution in [0.1, 0.15) is 6.42 Å². The maximum atomic E-state index is 6.08. The lowest BCUT2D eigenvalue weighted by Gasteiger charge is -2.14. The Kier molecular flexibility index (Phi) is 4.51. The summed E-state index contributed by atoms with van der Waals surface area (Å²) >= 11 is 9.37. The Morgan fingerprint density at radius 1 is 1.12 bits per heavy atom. The number of rotatable bonds is 3. The molecule has 0 saturated heterocycles. The summed E-state index contributed by atoms with van der Waals surface area (Å²) in [6.07, 6.45) is 1.08. The van der Waals surface area contributed by atoms with E-state index in [1.165, 1.54) is 4.88 Å². The van der Waals surface area contributed by atoms with Crippen LogP contribution in [-0.4, -0.2) is 24.0 Å². The highest BCUT2D eigenvalue weighted by molar-refractivity contribution is 7.15. The van der Waals surface area contributed by atoms with Crippen LogP contribution in [0.5, 0.6) is 0 Å². The zero-order chi connectivity index (χ0) is 16.4. The normalized spacial score (nSPS) is 14.1. The van der Waals surface area contributed by atoms with E-state index in [-0.39, 0.29) is 0 Å². The molecule has 1 aliphatic heterocycles. The number of thiazole rings is 1. The molecule has 4 rings (SSSR count). The maximum Gasteiger partial charge on any atom is 0.197 e. The summed E-state index contributed by atoms with van der Waals surface area (Å²) in [5, 5.41) is 12.3. The molecule has 0 fully saturated rings. The predicted octanol–water partition coefficient (Wildman–Crippen LogP) is 4.95. The molecular weight excluding hydrogens is 360 g/mol. The van der Waals surface area contributed by atoms with Crippen molar-refractivity contribution < 1.29 is 0 Å². The molecule has 1 aromatic carbocycles. The summed E-state index contributed by atoms with van der Waals surface area (Å²) in [4.78, 5) is 10.3. The average Bonchev–Trinajstić information content (AvgIpc) is 3.25. The standard InChI is InChI=1S/C17H15ClN4S2/c18-13-4-1-3-11(7-13)15-8-12(9-23-15)14-10-24-17(21-14)22-16-19-5-2-6-20-16/h1,3-4,7-10H,2,5-6H2,(H2,19,20,21,22). The van der Waals surface area contributed by atoms with Gasteiger partial charge >= 0.3 is 0 Å². The van der Waals surface area contributed by atoms with Crippen molar-refractivity contribution in [1.82, 2.24) is 10.3 Å². The van der Waals surface area contributed by atoms with Crippen molar-refractivity contribution in [2.75, 3.05) is 18.4 Å². The van der Waals surface area contributed by atoms with Crippen LogP contribution in [0.15, 0.2) is 46.1 Å². The first-order chi connectivity index (χ1) is 11.8. The van der Waals surface area contributed by atoms with E-state index in [4.69, 9.17) is 11.6 Å². The third-order valence-corrected chi connectivity index (χ3v) is 5.60. The molecule has 0 spiro atoms. The molecule has 2 aromatic heterocycles. The summed E-state index contributed by atoms with van der Waals surface area (Å²) < 4.78 is 0. The average molecular weight is 375 g/mol. The fourth-order valence-electron chi connectivity index (χ4n) is 2.45. The monoisotopic (exact) mass is 374 g/mol. The SMILES string of the molecule is Clc1cccc(-c2cc(-c3csc(NC4=NCCCN4)n3)cs2)c1. The van der Waals surface area contributed by atoms with E-state index in [9.17, 15) is 0 Å². The number of anilines is 1. The highest BCUT2D eigenvalue weighted by Gasteiger charge is 2.11. The minimum absolute atomic E-state index is 0.753. The van der Waals surface area contributed by atoms with E-state index in [1.807, 2.05) is 18.2 Å². The number of nitrogens with zero attached hydrogens (tertiary/aromatic N) is 2. The van der Waals surface area contributed by atoms with E-state index < -0.39 is 0 Å². The first-order valence-corrected chi connectivity index (χ1v) is 9.77. The Morgan fingerprint density at radius 2 is 2.08 bits per heavy atom. The minimum Gasteiger partial charge on any atom is -0.356 e. The highest BCUT2D eigenvalue weighted by Crippen LogP contribution is 2.34. The molecule has 0 aliphatic carbocycles. The van der Waals surface area contributed by atoms with Crippen LogP contribution < -0.4 is 10.6 Å². The van der Waals surface area contributed by atoms with Gasteiger partial charge in [-0.15, -0.1) is 22.7 Å². The molecule has 0 unspecified atom stereocenters. The van der Waals surface area contributed by atoms with E-state index in [0.29, 0.717) is 0 Å². The van der Waals surface area contributed by atoms with Crippen LogP contribution in [0.4, 0.5) is 5.13 Å². The topological polar surface area (TPSA) is 49.3 Å². The molecule has 122 valence electrons. The summed E-state index contributed by atoms with van der Waals surface area (Å²) in [6, 6.07) is 10.1. The Balaban J connectivity index is 1.53. The van der Waals surface area contributed by atoms with Crippen molar-refractivity contribution in [3.05, 3.63) is 46.1 Å². The number of aromatic nitrogens is 1. The van der Waals surface area contributed by atoms with Crippen LogP contribution in [0.2, 0.25) is 5.02 Å². The number of hydrogen-bond donors (Lipinski definition) is 2. The van der Waals surface area contributed by atoms with E-state index in [2.05, 4.69) is 43.5 Å². The van der Waals surface area contributed by atoms with Gasteiger partial charge in [0.2, 0.25) is 0 Å². The number of benzene rings is 1. The molecule has 4 nitrogen and oxygen atoms in total. The smallest absolute Gasteiger partial charge is 0.197 e. The van der Waals surface area contributed by atoms with Gasteiger partial charge in [0.15, 0.2) is 11.1 Å². The second-order valence-corrected chi connectivity index (χ2v) is 7.59. The largest absolute Gasteiger partial charge is 0.356 e. The van der Waals surface area contributed by atoms with E-state index >= 15 is 0 Å². The molecule has 0 radical (unpaired) electrons. The fraction of sp³-hybridized carbons (Fsp3) is 0.176. The van der Waals surface area contributed by atoms with Crippen LogP contribution in [0.3, 0.4) is 0 Å². The van der Waals surface area contributed by atoms with Gasteiger partial charge in [-0.05, 0) is 30.2 Å². The first kappa shape index (κ1) is 15.6. The second kappa shape index (κ2) is 6.93. The Bertz CT molecular complexity index is 884. The molecule has 0 bridgehead atoms. The summed E-state index contributed by atoms with van der Waals surface area (Å²) in [6.45, 7) is 1.82. The number of hydrogen-bond acceptors (Lipinski definition) is 6. The van der Waals surface area contributed by atoms with Gasteiger partial charge in [0, 0.05) is 39.3 Å². The highest BCUT2D eigenvalue weighted by atomic mass is 35.5. The number of guanidine groups is 1. The zero-order valence-corrected chi connectivity index (χ0v) is 15.1. The third kappa shape index (κ3) is 3.45. The predicted molar refractivity (Wildman–Crippen MR) is 104 cm³/mol. The zero-order valence-electron chi connectivity index (χ0n) is 12.8. The molecule has 0 atom stereocenters. The van der Waals surface area contributed by atoms with Crippen LogP contribution in [0.25, 0.3) is 21.7 Å². The summed E-state index contributed by atoms with van der Waals surface area (Å²) in [5.41, 5.74) is 3.23. The van der Waals surface area contributed by atoms with Crippen LogP contribution in [0, 0.1) is 0 Å².